The number of carbonyl (C=O) groups excluding carboxylic acids is 2. The van der Waals surface area contributed by atoms with Crippen LogP contribution in [-0.2, 0) is 24.3 Å². The van der Waals surface area contributed by atoms with Crippen molar-refractivity contribution in [3.63, 3.8) is 0 Å². The molecule has 2 aromatic rings. The molecule has 138 valence electrons. The molecule has 0 heterocycles. The Labute approximate surface area is 152 Å². The number of carbonyl (C=O) groups is 2. The molecule has 0 aliphatic carbocycles. The van der Waals surface area contributed by atoms with Crippen molar-refractivity contribution in [1.29, 1.82) is 0 Å². The monoisotopic (exact) mass is 376 g/mol. The van der Waals surface area contributed by atoms with Gasteiger partial charge in [0.2, 0.25) is 10.0 Å². The first-order valence-corrected chi connectivity index (χ1v) is 9.34. The minimum absolute atomic E-state index is 0.0650. The summed E-state index contributed by atoms with van der Waals surface area (Å²) < 4.78 is 31.3. The van der Waals surface area contributed by atoms with Crippen LogP contribution in [0.15, 0.2) is 53.4 Å². The van der Waals surface area contributed by atoms with Crippen LogP contribution >= 0.6 is 0 Å². The number of rotatable bonds is 7. The summed E-state index contributed by atoms with van der Waals surface area (Å²) in [6.45, 7) is 2.61. The molecule has 7 nitrogen and oxygen atoms in total. The van der Waals surface area contributed by atoms with Gasteiger partial charge in [-0.3, -0.25) is 9.59 Å². The van der Waals surface area contributed by atoms with E-state index in [4.69, 9.17) is 4.74 Å². The fraction of sp³-hybridized carbons (Fsp3) is 0.222. The molecule has 0 radical (unpaired) electrons. The minimum Gasteiger partial charge on any atom is -0.455 e. The second-order valence-electron chi connectivity index (χ2n) is 5.65. The Balaban J connectivity index is 1.82. The molecule has 2 N–H and O–H groups in total. The second-order valence-corrected chi connectivity index (χ2v) is 7.41. The van der Waals surface area contributed by atoms with Gasteiger partial charge < -0.3 is 10.1 Å². The molecule has 0 aromatic heterocycles. The van der Waals surface area contributed by atoms with Gasteiger partial charge in [0.05, 0.1) is 4.90 Å². The number of hydrogen-bond acceptors (Lipinski definition) is 5. The number of amides is 1. The fourth-order valence-corrected chi connectivity index (χ4v) is 3.09. The lowest BCUT2D eigenvalue weighted by Gasteiger charge is -2.09. The molecule has 2 aromatic carbocycles. The van der Waals surface area contributed by atoms with Crippen LogP contribution in [0.2, 0.25) is 0 Å². The van der Waals surface area contributed by atoms with Gasteiger partial charge in [-0.1, -0.05) is 24.3 Å². The zero-order chi connectivity index (χ0) is 19.2. The van der Waals surface area contributed by atoms with E-state index in [0.717, 1.165) is 11.1 Å². The van der Waals surface area contributed by atoms with E-state index in [-0.39, 0.29) is 4.90 Å². The summed E-state index contributed by atoms with van der Waals surface area (Å²) in [7, 11) is -3.83. The molecule has 0 bridgehead atoms. The highest BCUT2D eigenvalue weighted by Gasteiger charge is 2.17. The Bertz CT molecular complexity index is 895. The SMILES string of the molecule is Cc1ccc(S(=O)(=O)NCC(=O)OCC(=O)Nc2ccccc2)cc1C. The van der Waals surface area contributed by atoms with Gasteiger partial charge in [-0.05, 0) is 49.2 Å². The van der Waals surface area contributed by atoms with Crippen LogP contribution in [0.3, 0.4) is 0 Å². The van der Waals surface area contributed by atoms with Gasteiger partial charge in [-0.25, -0.2) is 8.42 Å². The summed E-state index contributed by atoms with van der Waals surface area (Å²) in [4.78, 5) is 23.4. The van der Waals surface area contributed by atoms with Crippen LogP contribution in [0.5, 0.6) is 0 Å². The molecule has 1 amide bonds. The molecule has 2 rings (SSSR count). The number of anilines is 1. The molecule has 0 saturated heterocycles. The van der Waals surface area contributed by atoms with E-state index in [2.05, 4.69) is 10.0 Å². The van der Waals surface area contributed by atoms with E-state index in [1.165, 1.54) is 12.1 Å². The number of benzene rings is 2. The van der Waals surface area contributed by atoms with Crippen LogP contribution in [0, 0.1) is 13.8 Å². The van der Waals surface area contributed by atoms with E-state index >= 15 is 0 Å². The summed E-state index contributed by atoms with van der Waals surface area (Å²) >= 11 is 0. The van der Waals surface area contributed by atoms with E-state index in [9.17, 15) is 18.0 Å². The average molecular weight is 376 g/mol. The Morgan fingerprint density at radius 1 is 1.00 bits per heavy atom. The Morgan fingerprint density at radius 2 is 1.69 bits per heavy atom. The Morgan fingerprint density at radius 3 is 2.35 bits per heavy atom. The summed E-state index contributed by atoms with van der Waals surface area (Å²) in [5.41, 5.74) is 2.37. The lowest BCUT2D eigenvalue weighted by atomic mass is 10.1. The van der Waals surface area contributed by atoms with Gasteiger partial charge >= 0.3 is 5.97 Å². The molecule has 0 fully saturated rings. The molecule has 0 unspecified atom stereocenters. The maximum absolute atomic E-state index is 12.2. The number of sulfonamides is 1. The van der Waals surface area contributed by atoms with Crippen LogP contribution in [0.4, 0.5) is 5.69 Å². The zero-order valence-corrected chi connectivity index (χ0v) is 15.3. The standard InChI is InChI=1S/C18H20N2O5S/c1-13-8-9-16(10-14(13)2)26(23,24)19-11-18(22)25-12-17(21)20-15-6-4-3-5-7-15/h3-10,19H,11-12H2,1-2H3,(H,20,21). The molecular weight excluding hydrogens is 356 g/mol. The third-order valence-electron chi connectivity index (χ3n) is 3.62. The lowest BCUT2D eigenvalue weighted by Crippen LogP contribution is -2.32. The minimum atomic E-state index is -3.83. The van der Waals surface area contributed by atoms with Crippen molar-refractivity contribution in [2.75, 3.05) is 18.5 Å². The highest BCUT2D eigenvalue weighted by Crippen LogP contribution is 2.14. The number of esters is 1. The molecule has 26 heavy (non-hydrogen) atoms. The first-order valence-electron chi connectivity index (χ1n) is 7.85. The van der Waals surface area contributed by atoms with Crippen LogP contribution < -0.4 is 10.0 Å². The molecule has 0 aliphatic heterocycles. The van der Waals surface area contributed by atoms with E-state index in [0.29, 0.717) is 5.69 Å². The van der Waals surface area contributed by atoms with Crippen LogP contribution in [0.1, 0.15) is 11.1 Å². The second kappa shape index (κ2) is 8.59. The molecular formula is C18H20N2O5S. The average Bonchev–Trinajstić information content (AvgIpc) is 2.61. The molecule has 0 atom stereocenters. The van der Waals surface area contributed by atoms with Crippen LogP contribution in [0.25, 0.3) is 0 Å². The summed E-state index contributed by atoms with van der Waals surface area (Å²) in [5.74, 6) is -1.36. The first kappa shape index (κ1) is 19.6. The predicted molar refractivity (Wildman–Crippen MR) is 97.1 cm³/mol. The third-order valence-corrected chi connectivity index (χ3v) is 5.02. The normalized spacial score (nSPS) is 11.0. The van der Waals surface area contributed by atoms with Crippen molar-refractivity contribution in [2.24, 2.45) is 0 Å². The Kier molecular flexibility index (Phi) is 6.48. The van der Waals surface area contributed by atoms with Crippen molar-refractivity contribution >= 4 is 27.6 Å². The Hall–Kier alpha value is -2.71. The summed E-state index contributed by atoms with van der Waals surface area (Å²) in [6.07, 6.45) is 0. The quantitative estimate of drug-likeness (QED) is 0.717. The summed E-state index contributed by atoms with van der Waals surface area (Å²) in [6, 6.07) is 13.4. The van der Waals surface area contributed by atoms with Crippen molar-refractivity contribution in [1.82, 2.24) is 4.72 Å². The van der Waals surface area contributed by atoms with Crippen LogP contribution in [-0.4, -0.2) is 33.4 Å². The van der Waals surface area contributed by atoms with E-state index < -0.39 is 35.1 Å². The summed E-state index contributed by atoms with van der Waals surface area (Å²) in [5, 5.41) is 2.55. The number of hydrogen-bond donors (Lipinski definition) is 2. The van der Waals surface area contributed by atoms with Gasteiger partial charge in [-0.15, -0.1) is 0 Å². The van der Waals surface area contributed by atoms with Gasteiger partial charge in [0.1, 0.15) is 6.54 Å². The number of nitrogens with one attached hydrogen (secondary N) is 2. The number of aryl methyl sites for hydroxylation is 2. The third kappa shape index (κ3) is 5.68. The van der Waals surface area contributed by atoms with Crippen molar-refractivity contribution in [2.45, 2.75) is 18.7 Å². The molecule has 8 heteroatoms. The van der Waals surface area contributed by atoms with E-state index in [1.807, 2.05) is 6.92 Å². The van der Waals surface area contributed by atoms with Gasteiger partial charge in [-0.2, -0.15) is 4.72 Å². The highest BCUT2D eigenvalue weighted by atomic mass is 32.2. The number of para-hydroxylation sites is 1. The number of ether oxygens (including phenoxy) is 1. The smallest absolute Gasteiger partial charge is 0.321 e. The topological polar surface area (TPSA) is 102 Å². The molecule has 0 saturated carbocycles. The first-order chi connectivity index (χ1) is 12.3. The maximum Gasteiger partial charge on any atom is 0.321 e. The van der Waals surface area contributed by atoms with E-state index in [1.54, 1.807) is 43.3 Å². The van der Waals surface area contributed by atoms with Gasteiger partial charge in [0.15, 0.2) is 6.61 Å². The fourth-order valence-electron chi connectivity index (χ4n) is 2.03. The van der Waals surface area contributed by atoms with Crippen molar-refractivity contribution in [3.05, 3.63) is 59.7 Å². The highest BCUT2D eigenvalue weighted by molar-refractivity contribution is 7.89. The predicted octanol–water partition coefficient (Wildman–Crippen LogP) is 1.76. The lowest BCUT2D eigenvalue weighted by molar-refractivity contribution is -0.146. The maximum atomic E-state index is 12.2. The van der Waals surface area contributed by atoms with Crippen molar-refractivity contribution < 1.29 is 22.7 Å². The van der Waals surface area contributed by atoms with Gasteiger partial charge in [0.25, 0.3) is 5.91 Å². The van der Waals surface area contributed by atoms with Crippen molar-refractivity contribution in [3.8, 4) is 0 Å². The molecule has 0 aliphatic rings. The zero-order valence-electron chi connectivity index (χ0n) is 14.5. The molecule has 0 spiro atoms. The largest absolute Gasteiger partial charge is 0.455 e. The van der Waals surface area contributed by atoms with Gasteiger partial charge in [0, 0.05) is 5.69 Å².